The predicted octanol–water partition coefficient (Wildman–Crippen LogP) is 5.29. The molecule has 0 atom stereocenters. The van der Waals surface area contributed by atoms with Gasteiger partial charge in [-0.2, -0.15) is 4.37 Å². The van der Waals surface area contributed by atoms with Crippen molar-refractivity contribution >= 4 is 55.9 Å². The van der Waals surface area contributed by atoms with Gasteiger partial charge in [-0.25, -0.2) is 9.78 Å². The Hall–Kier alpha value is -2.16. The molecule has 0 spiro atoms. The van der Waals surface area contributed by atoms with Crippen molar-refractivity contribution in [2.45, 2.75) is 12.8 Å². The summed E-state index contributed by atoms with van der Waals surface area (Å²) in [6.07, 6.45) is 1.57. The Balaban J connectivity index is 1.34. The van der Waals surface area contributed by atoms with Gasteiger partial charge in [0.25, 0.3) is 0 Å². The number of carbonyl (C=O) groups is 1. The average Bonchev–Trinajstić information content (AvgIpc) is 3.04. The van der Waals surface area contributed by atoms with Crippen LogP contribution in [0.5, 0.6) is 0 Å². The summed E-state index contributed by atoms with van der Waals surface area (Å²) in [6, 6.07) is 15.3. The second-order valence-corrected chi connectivity index (χ2v) is 9.15. The largest absolute Gasteiger partial charge is 0.345 e. The normalized spacial score (nSPS) is 14.5. The number of benzene rings is 2. The molecule has 0 unspecified atom stereocenters. The SMILES string of the molecule is O=C(Nc1cccc(Br)c1)N1CCCN(c2nc(Cc3ccc(Cl)cc3)ns2)CC1. The number of halogens is 2. The maximum absolute atomic E-state index is 12.7. The molecule has 0 aliphatic carbocycles. The number of hydrogen-bond acceptors (Lipinski definition) is 5. The van der Waals surface area contributed by atoms with Crippen LogP contribution in [0.15, 0.2) is 53.0 Å². The van der Waals surface area contributed by atoms with E-state index in [1.165, 1.54) is 11.5 Å². The highest BCUT2D eigenvalue weighted by atomic mass is 79.9. The van der Waals surface area contributed by atoms with Crippen molar-refractivity contribution in [1.29, 1.82) is 0 Å². The van der Waals surface area contributed by atoms with E-state index in [4.69, 9.17) is 16.6 Å². The lowest BCUT2D eigenvalue weighted by molar-refractivity contribution is 0.215. The molecule has 3 aromatic rings. The summed E-state index contributed by atoms with van der Waals surface area (Å²) in [6.45, 7) is 2.95. The lowest BCUT2D eigenvalue weighted by Crippen LogP contribution is -2.38. The summed E-state index contributed by atoms with van der Waals surface area (Å²) in [7, 11) is 0. The van der Waals surface area contributed by atoms with Crippen molar-refractivity contribution in [2.24, 2.45) is 0 Å². The number of urea groups is 1. The Labute approximate surface area is 193 Å². The highest BCUT2D eigenvalue weighted by Gasteiger charge is 2.21. The zero-order valence-corrected chi connectivity index (χ0v) is 19.4. The van der Waals surface area contributed by atoms with E-state index in [0.29, 0.717) is 19.5 Å². The molecule has 0 saturated carbocycles. The quantitative estimate of drug-likeness (QED) is 0.522. The van der Waals surface area contributed by atoms with Gasteiger partial charge in [-0.3, -0.25) is 0 Å². The molecule has 1 N–H and O–H groups in total. The van der Waals surface area contributed by atoms with Crippen LogP contribution >= 0.6 is 39.1 Å². The third-order valence-electron chi connectivity index (χ3n) is 4.86. The van der Waals surface area contributed by atoms with Gasteiger partial charge < -0.3 is 15.1 Å². The summed E-state index contributed by atoms with van der Waals surface area (Å²) in [4.78, 5) is 21.4. The van der Waals surface area contributed by atoms with E-state index >= 15 is 0 Å². The van der Waals surface area contributed by atoms with Crippen molar-refractivity contribution in [3.8, 4) is 0 Å². The fraction of sp³-hybridized carbons (Fsp3) is 0.286. The van der Waals surface area contributed by atoms with Crippen LogP contribution in [0.4, 0.5) is 15.6 Å². The van der Waals surface area contributed by atoms with Crippen molar-refractivity contribution in [3.05, 3.63) is 69.4 Å². The van der Waals surface area contributed by atoms with Crippen LogP contribution in [-0.2, 0) is 6.42 Å². The lowest BCUT2D eigenvalue weighted by atomic mass is 10.1. The zero-order valence-electron chi connectivity index (χ0n) is 16.2. The van der Waals surface area contributed by atoms with Gasteiger partial charge >= 0.3 is 6.03 Å². The van der Waals surface area contributed by atoms with Crippen LogP contribution in [0, 0.1) is 0 Å². The van der Waals surface area contributed by atoms with Crippen LogP contribution < -0.4 is 10.2 Å². The van der Waals surface area contributed by atoms with Gasteiger partial charge in [0, 0.05) is 59.3 Å². The van der Waals surface area contributed by atoms with Gasteiger partial charge in [0.2, 0.25) is 5.13 Å². The highest BCUT2D eigenvalue weighted by molar-refractivity contribution is 9.10. The molecule has 2 aromatic carbocycles. The molecule has 6 nitrogen and oxygen atoms in total. The highest BCUT2D eigenvalue weighted by Crippen LogP contribution is 2.22. The Morgan fingerprint density at radius 1 is 1.13 bits per heavy atom. The maximum Gasteiger partial charge on any atom is 0.321 e. The van der Waals surface area contributed by atoms with Gasteiger partial charge in [0.05, 0.1) is 0 Å². The fourth-order valence-corrected chi connectivity index (χ4v) is 4.57. The molecular formula is C21H21BrClN5OS. The van der Waals surface area contributed by atoms with E-state index < -0.39 is 0 Å². The van der Waals surface area contributed by atoms with E-state index in [9.17, 15) is 4.79 Å². The fourth-order valence-electron chi connectivity index (χ4n) is 3.31. The molecule has 156 valence electrons. The van der Waals surface area contributed by atoms with Gasteiger partial charge in [0.15, 0.2) is 0 Å². The molecule has 1 fully saturated rings. The molecule has 1 aromatic heterocycles. The Bertz CT molecular complexity index is 1010. The van der Waals surface area contributed by atoms with Crippen LogP contribution in [0.3, 0.4) is 0 Å². The Morgan fingerprint density at radius 3 is 2.77 bits per heavy atom. The third-order valence-corrected chi connectivity index (χ3v) is 6.42. The standard InChI is InChI=1S/C21H21BrClN5OS/c22-16-3-1-4-18(14-16)24-20(29)27-9-2-10-28(12-11-27)21-25-19(26-30-21)13-15-5-7-17(23)8-6-15/h1,3-8,14H,2,9-13H2,(H,24,29). The first-order valence-electron chi connectivity index (χ1n) is 9.70. The summed E-state index contributed by atoms with van der Waals surface area (Å²) in [5, 5.41) is 4.61. The molecule has 2 heterocycles. The third kappa shape index (κ3) is 5.50. The topological polar surface area (TPSA) is 61.4 Å². The first kappa shape index (κ1) is 21.1. The lowest BCUT2D eigenvalue weighted by Gasteiger charge is -2.22. The molecule has 4 rings (SSSR count). The summed E-state index contributed by atoms with van der Waals surface area (Å²) < 4.78 is 5.45. The smallest absolute Gasteiger partial charge is 0.321 e. The van der Waals surface area contributed by atoms with Gasteiger partial charge in [-0.15, -0.1) is 0 Å². The predicted molar refractivity (Wildman–Crippen MR) is 126 cm³/mol. The van der Waals surface area contributed by atoms with E-state index in [1.807, 2.05) is 53.4 Å². The van der Waals surface area contributed by atoms with Crippen molar-refractivity contribution in [3.63, 3.8) is 0 Å². The number of nitrogens with one attached hydrogen (secondary N) is 1. The van der Waals surface area contributed by atoms with E-state index in [-0.39, 0.29) is 6.03 Å². The number of carbonyl (C=O) groups excluding carboxylic acids is 1. The first-order valence-corrected chi connectivity index (χ1v) is 11.6. The molecule has 0 bridgehead atoms. The molecule has 1 saturated heterocycles. The zero-order chi connectivity index (χ0) is 20.9. The minimum Gasteiger partial charge on any atom is -0.345 e. The first-order chi connectivity index (χ1) is 14.6. The Kier molecular flexibility index (Phi) is 6.86. The second-order valence-electron chi connectivity index (χ2n) is 7.06. The summed E-state index contributed by atoms with van der Waals surface area (Å²) >= 11 is 10.8. The molecule has 9 heteroatoms. The summed E-state index contributed by atoms with van der Waals surface area (Å²) in [5.74, 6) is 0.811. The van der Waals surface area contributed by atoms with Gasteiger partial charge in [0.1, 0.15) is 5.82 Å². The number of nitrogens with zero attached hydrogens (tertiary/aromatic N) is 4. The number of hydrogen-bond donors (Lipinski definition) is 1. The molecule has 1 aliphatic rings. The van der Waals surface area contributed by atoms with Crippen LogP contribution in [0.2, 0.25) is 5.02 Å². The minimum absolute atomic E-state index is 0.0735. The van der Waals surface area contributed by atoms with E-state index in [2.05, 4.69) is 30.5 Å². The van der Waals surface area contributed by atoms with E-state index in [1.54, 1.807) is 0 Å². The summed E-state index contributed by atoms with van der Waals surface area (Å²) in [5.41, 5.74) is 1.92. The molecule has 0 radical (unpaired) electrons. The average molecular weight is 507 g/mol. The van der Waals surface area contributed by atoms with Gasteiger partial charge in [-0.05, 0) is 42.3 Å². The number of rotatable bonds is 4. The molecular weight excluding hydrogens is 486 g/mol. The number of amides is 2. The van der Waals surface area contributed by atoms with Crippen LogP contribution in [-0.4, -0.2) is 46.5 Å². The van der Waals surface area contributed by atoms with E-state index in [0.717, 1.165) is 51.2 Å². The minimum atomic E-state index is -0.0735. The van der Waals surface area contributed by atoms with Crippen molar-refractivity contribution < 1.29 is 4.79 Å². The van der Waals surface area contributed by atoms with Crippen LogP contribution in [0.1, 0.15) is 17.8 Å². The van der Waals surface area contributed by atoms with Crippen LogP contribution in [0.25, 0.3) is 0 Å². The maximum atomic E-state index is 12.7. The van der Waals surface area contributed by atoms with Crippen molar-refractivity contribution in [2.75, 3.05) is 36.4 Å². The monoisotopic (exact) mass is 505 g/mol. The molecule has 30 heavy (non-hydrogen) atoms. The second kappa shape index (κ2) is 9.76. The number of aromatic nitrogens is 2. The van der Waals surface area contributed by atoms with Gasteiger partial charge in [-0.1, -0.05) is 45.7 Å². The Morgan fingerprint density at radius 2 is 1.97 bits per heavy atom. The molecule has 2 amide bonds. The number of anilines is 2. The molecule has 1 aliphatic heterocycles. The van der Waals surface area contributed by atoms with Crippen molar-refractivity contribution in [1.82, 2.24) is 14.3 Å².